The predicted octanol–water partition coefficient (Wildman–Crippen LogP) is 3.01. The maximum atomic E-state index is 5.81. The zero-order valence-electron chi connectivity index (χ0n) is 11.1. The number of hydrogen-bond acceptors (Lipinski definition) is 3. The fraction of sp³-hybridized carbons (Fsp3) is 0.200. The van der Waals surface area contributed by atoms with Crippen LogP contribution in [0, 0.1) is 6.92 Å². The summed E-state index contributed by atoms with van der Waals surface area (Å²) >= 11 is 0. The first kappa shape index (κ1) is 11.7. The number of fused-ring (bicyclic) bond motifs is 1. The summed E-state index contributed by atoms with van der Waals surface area (Å²) in [5.41, 5.74) is 10.9. The Hall–Kier alpha value is -2.36. The molecular formula is C15H16N4. The molecule has 0 bridgehead atoms. The third-order valence-corrected chi connectivity index (χ3v) is 3.36. The van der Waals surface area contributed by atoms with Crippen molar-refractivity contribution in [1.82, 2.24) is 14.5 Å². The minimum absolute atomic E-state index is 0.780. The average molecular weight is 252 g/mol. The van der Waals surface area contributed by atoms with Crippen molar-refractivity contribution in [2.45, 2.75) is 20.4 Å². The summed E-state index contributed by atoms with van der Waals surface area (Å²) in [7, 11) is 0. The number of nitrogens with two attached hydrogens (primary N) is 1. The molecule has 0 aliphatic heterocycles. The molecule has 2 aromatic heterocycles. The molecule has 0 radical (unpaired) electrons. The standard InChI is InChI=1S/C15H16N4/c1-3-19-14-6-7-17-9-13(14)18-15(19)12-5-4-11(16)8-10(12)2/h4-9H,3,16H2,1-2H3. The van der Waals surface area contributed by atoms with Crippen molar-refractivity contribution in [2.75, 3.05) is 5.73 Å². The van der Waals surface area contributed by atoms with Gasteiger partial charge in [-0.05, 0) is 43.7 Å². The third-order valence-electron chi connectivity index (χ3n) is 3.36. The van der Waals surface area contributed by atoms with Crippen LogP contribution < -0.4 is 5.73 Å². The molecule has 1 aromatic carbocycles. The van der Waals surface area contributed by atoms with Gasteiger partial charge in [0.15, 0.2) is 0 Å². The van der Waals surface area contributed by atoms with Gasteiger partial charge in [0, 0.05) is 24.0 Å². The molecule has 0 saturated carbocycles. The molecule has 19 heavy (non-hydrogen) atoms. The zero-order valence-corrected chi connectivity index (χ0v) is 11.1. The number of nitrogens with zero attached hydrogens (tertiary/aromatic N) is 3. The molecule has 0 amide bonds. The summed E-state index contributed by atoms with van der Waals surface area (Å²) in [5.74, 6) is 0.975. The van der Waals surface area contributed by atoms with Gasteiger partial charge >= 0.3 is 0 Å². The molecule has 4 nitrogen and oxygen atoms in total. The Morgan fingerprint density at radius 1 is 1.26 bits per heavy atom. The maximum Gasteiger partial charge on any atom is 0.141 e. The first-order valence-electron chi connectivity index (χ1n) is 6.37. The molecule has 2 N–H and O–H groups in total. The summed E-state index contributed by atoms with van der Waals surface area (Å²) in [6, 6.07) is 7.93. The number of anilines is 1. The number of aryl methyl sites for hydroxylation is 2. The Bertz CT molecular complexity index is 743. The second-order valence-corrected chi connectivity index (χ2v) is 4.62. The van der Waals surface area contributed by atoms with Crippen molar-refractivity contribution in [2.24, 2.45) is 0 Å². The van der Waals surface area contributed by atoms with Crippen LogP contribution in [-0.4, -0.2) is 14.5 Å². The van der Waals surface area contributed by atoms with E-state index in [2.05, 4.69) is 23.4 Å². The van der Waals surface area contributed by atoms with Gasteiger partial charge in [-0.25, -0.2) is 4.98 Å². The highest BCUT2D eigenvalue weighted by Crippen LogP contribution is 2.27. The summed E-state index contributed by atoms with van der Waals surface area (Å²) in [4.78, 5) is 8.84. The molecule has 96 valence electrons. The summed E-state index contributed by atoms with van der Waals surface area (Å²) < 4.78 is 2.20. The molecule has 4 heteroatoms. The molecule has 0 fully saturated rings. The lowest BCUT2D eigenvalue weighted by Crippen LogP contribution is -1.99. The van der Waals surface area contributed by atoms with E-state index in [1.807, 2.05) is 24.3 Å². The Morgan fingerprint density at radius 2 is 2.11 bits per heavy atom. The maximum absolute atomic E-state index is 5.81. The third kappa shape index (κ3) is 1.85. The van der Waals surface area contributed by atoms with E-state index in [1.165, 1.54) is 0 Å². The molecule has 0 aliphatic rings. The first-order chi connectivity index (χ1) is 9.20. The Labute approximate surface area is 111 Å². The minimum Gasteiger partial charge on any atom is -0.399 e. The fourth-order valence-corrected chi connectivity index (χ4v) is 2.45. The number of benzene rings is 1. The fourth-order valence-electron chi connectivity index (χ4n) is 2.45. The highest BCUT2D eigenvalue weighted by atomic mass is 15.1. The highest BCUT2D eigenvalue weighted by Gasteiger charge is 2.13. The topological polar surface area (TPSA) is 56.7 Å². The lowest BCUT2D eigenvalue weighted by atomic mass is 10.1. The summed E-state index contributed by atoms with van der Waals surface area (Å²) in [6.07, 6.45) is 3.60. The minimum atomic E-state index is 0.780. The number of rotatable bonds is 2. The van der Waals surface area contributed by atoms with Gasteiger partial charge in [0.25, 0.3) is 0 Å². The van der Waals surface area contributed by atoms with Gasteiger partial charge in [-0.1, -0.05) is 0 Å². The zero-order chi connectivity index (χ0) is 13.4. The molecule has 0 saturated heterocycles. The van der Waals surface area contributed by atoms with Gasteiger partial charge in [-0.15, -0.1) is 0 Å². The monoisotopic (exact) mass is 252 g/mol. The summed E-state index contributed by atoms with van der Waals surface area (Å²) in [5, 5.41) is 0. The van der Waals surface area contributed by atoms with Gasteiger partial charge < -0.3 is 10.3 Å². The van der Waals surface area contributed by atoms with Crippen molar-refractivity contribution in [1.29, 1.82) is 0 Å². The van der Waals surface area contributed by atoms with E-state index in [0.717, 1.165) is 40.2 Å². The van der Waals surface area contributed by atoms with E-state index in [9.17, 15) is 0 Å². The van der Waals surface area contributed by atoms with Crippen LogP contribution in [0.4, 0.5) is 5.69 Å². The second kappa shape index (κ2) is 4.39. The molecule has 0 aliphatic carbocycles. The average Bonchev–Trinajstić information content (AvgIpc) is 2.76. The van der Waals surface area contributed by atoms with Crippen LogP contribution in [-0.2, 0) is 6.54 Å². The lowest BCUT2D eigenvalue weighted by molar-refractivity contribution is 0.795. The molecule has 0 atom stereocenters. The number of imidazole rings is 1. The van der Waals surface area contributed by atoms with Crippen LogP contribution in [0.3, 0.4) is 0 Å². The lowest BCUT2D eigenvalue weighted by Gasteiger charge is -2.09. The predicted molar refractivity (Wildman–Crippen MR) is 77.8 cm³/mol. The Kier molecular flexibility index (Phi) is 2.71. The normalized spacial score (nSPS) is 11.1. The Balaban J connectivity index is 2.30. The molecule has 3 rings (SSSR count). The quantitative estimate of drug-likeness (QED) is 0.713. The van der Waals surface area contributed by atoms with E-state index in [4.69, 9.17) is 10.7 Å². The highest BCUT2D eigenvalue weighted by molar-refractivity contribution is 5.80. The van der Waals surface area contributed by atoms with Gasteiger partial charge in [0.1, 0.15) is 11.3 Å². The van der Waals surface area contributed by atoms with Gasteiger partial charge in [-0.2, -0.15) is 0 Å². The van der Waals surface area contributed by atoms with Crippen molar-refractivity contribution in [3.63, 3.8) is 0 Å². The van der Waals surface area contributed by atoms with Crippen molar-refractivity contribution in [3.05, 3.63) is 42.2 Å². The van der Waals surface area contributed by atoms with Gasteiger partial charge in [0.2, 0.25) is 0 Å². The number of pyridine rings is 1. The van der Waals surface area contributed by atoms with Crippen LogP contribution in [0.5, 0.6) is 0 Å². The first-order valence-corrected chi connectivity index (χ1v) is 6.37. The van der Waals surface area contributed by atoms with Crippen LogP contribution >= 0.6 is 0 Å². The van der Waals surface area contributed by atoms with Crippen LogP contribution in [0.2, 0.25) is 0 Å². The molecular weight excluding hydrogens is 236 g/mol. The van der Waals surface area contributed by atoms with E-state index in [0.29, 0.717) is 0 Å². The van der Waals surface area contributed by atoms with Crippen molar-refractivity contribution in [3.8, 4) is 11.4 Å². The van der Waals surface area contributed by atoms with E-state index >= 15 is 0 Å². The van der Waals surface area contributed by atoms with Crippen LogP contribution in [0.1, 0.15) is 12.5 Å². The Morgan fingerprint density at radius 3 is 2.84 bits per heavy atom. The van der Waals surface area contributed by atoms with Gasteiger partial charge in [-0.3, -0.25) is 4.98 Å². The van der Waals surface area contributed by atoms with Crippen LogP contribution in [0.25, 0.3) is 22.4 Å². The molecule has 3 aromatic rings. The van der Waals surface area contributed by atoms with Crippen LogP contribution in [0.15, 0.2) is 36.7 Å². The van der Waals surface area contributed by atoms with Gasteiger partial charge in [0.05, 0.1) is 11.7 Å². The smallest absolute Gasteiger partial charge is 0.141 e. The van der Waals surface area contributed by atoms with E-state index in [1.54, 1.807) is 12.4 Å². The number of hydrogen-bond donors (Lipinski definition) is 1. The number of aromatic nitrogens is 3. The van der Waals surface area contributed by atoms with E-state index < -0.39 is 0 Å². The summed E-state index contributed by atoms with van der Waals surface area (Å²) in [6.45, 7) is 5.06. The molecule has 0 unspecified atom stereocenters. The SMILES string of the molecule is CCn1c(-c2ccc(N)cc2C)nc2cnccc21. The van der Waals surface area contributed by atoms with Crippen molar-refractivity contribution < 1.29 is 0 Å². The molecule has 2 heterocycles. The van der Waals surface area contributed by atoms with Crippen molar-refractivity contribution >= 4 is 16.7 Å². The van der Waals surface area contributed by atoms with E-state index in [-0.39, 0.29) is 0 Å². The second-order valence-electron chi connectivity index (χ2n) is 4.62. The largest absolute Gasteiger partial charge is 0.399 e. The number of nitrogen functional groups attached to an aromatic ring is 1. The molecule has 0 spiro atoms.